The van der Waals surface area contributed by atoms with E-state index in [0.717, 1.165) is 4.90 Å². The summed E-state index contributed by atoms with van der Waals surface area (Å²) in [6.07, 6.45) is -2.38. The first-order chi connectivity index (χ1) is 15.9. The molecule has 1 N–H and O–H groups in total. The van der Waals surface area contributed by atoms with E-state index >= 15 is 0 Å². The van der Waals surface area contributed by atoms with Gasteiger partial charge >= 0.3 is 6.18 Å². The van der Waals surface area contributed by atoms with Crippen molar-refractivity contribution in [1.82, 2.24) is 15.2 Å². The molecule has 2 amide bonds. The van der Waals surface area contributed by atoms with Crippen LogP contribution in [0, 0.1) is 12.3 Å². The Morgan fingerprint density at radius 1 is 1.12 bits per heavy atom. The van der Waals surface area contributed by atoms with Crippen molar-refractivity contribution in [3.05, 3.63) is 76.8 Å². The number of hydrogen-bond acceptors (Lipinski definition) is 4. The number of rotatable bonds is 4. The molecule has 4 rings (SSSR count). The molecular weight excluding hydrogens is 447 g/mol. The van der Waals surface area contributed by atoms with E-state index < -0.39 is 40.3 Å². The summed E-state index contributed by atoms with van der Waals surface area (Å²) >= 11 is 0. The van der Waals surface area contributed by atoms with E-state index in [2.05, 4.69) is 4.98 Å². The van der Waals surface area contributed by atoms with Crippen LogP contribution in [0.15, 0.2) is 60.1 Å². The standard InChI is InChI=1S/C25H24F3N3O3/c1-15-7-4-5-9-17(15)21(33)30-24(25(26,27)28)20-18(11-23(2,3)12-19(20)32)31(22(24)34)14-16-8-6-10-29-13-16/h4-10,13H,11-12,14H2,1-3H3,(H,30,33)/t24-/m1/s1. The summed E-state index contributed by atoms with van der Waals surface area (Å²) in [4.78, 5) is 44.8. The molecule has 0 bridgehead atoms. The molecule has 1 aliphatic carbocycles. The molecule has 1 aliphatic heterocycles. The summed E-state index contributed by atoms with van der Waals surface area (Å²) in [5.74, 6) is -3.26. The van der Waals surface area contributed by atoms with Gasteiger partial charge in [0.1, 0.15) is 0 Å². The third-order valence-electron chi connectivity index (χ3n) is 6.30. The highest BCUT2D eigenvalue weighted by atomic mass is 19.4. The number of benzene rings is 1. The van der Waals surface area contributed by atoms with Crippen molar-refractivity contribution < 1.29 is 27.6 Å². The first kappa shape index (κ1) is 23.7. The lowest BCUT2D eigenvalue weighted by molar-refractivity contribution is -0.190. The molecule has 2 aliphatic rings. The van der Waals surface area contributed by atoms with E-state index in [1.54, 1.807) is 45.0 Å². The molecule has 0 fully saturated rings. The quantitative estimate of drug-likeness (QED) is 0.728. The van der Waals surface area contributed by atoms with Crippen molar-refractivity contribution in [2.45, 2.75) is 51.9 Å². The molecule has 34 heavy (non-hydrogen) atoms. The molecule has 9 heteroatoms. The van der Waals surface area contributed by atoms with E-state index in [1.165, 1.54) is 24.5 Å². The Kier molecular flexibility index (Phi) is 5.62. The third kappa shape index (κ3) is 3.78. The number of aromatic nitrogens is 1. The van der Waals surface area contributed by atoms with Crippen LogP contribution in [-0.2, 0) is 16.1 Å². The number of alkyl halides is 3. The van der Waals surface area contributed by atoms with Crippen LogP contribution in [0.2, 0.25) is 0 Å². The van der Waals surface area contributed by atoms with Crippen LogP contribution in [0.3, 0.4) is 0 Å². The largest absolute Gasteiger partial charge is 0.425 e. The number of aryl methyl sites for hydroxylation is 1. The number of halogens is 3. The zero-order chi connectivity index (χ0) is 24.9. The number of pyridine rings is 1. The number of allylic oxidation sites excluding steroid dienone is 1. The lowest BCUT2D eigenvalue weighted by Gasteiger charge is -2.35. The van der Waals surface area contributed by atoms with Crippen molar-refractivity contribution in [2.24, 2.45) is 5.41 Å². The number of nitrogens with one attached hydrogen (secondary N) is 1. The molecule has 0 radical (unpaired) electrons. The van der Waals surface area contributed by atoms with Gasteiger partial charge in [0.05, 0.1) is 12.1 Å². The van der Waals surface area contributed by atoms with Crippen molar-refractivity contribution in [1.29, 1.82) is 0 Å². The third-order valence-corrected chi connectivity index (χ3v) is 6.30. The fourth-order valence-electron chi connectivity index (χ4n) is 4.73. The van der Waals surface area contributed by atoms with Gasteiger partial charge < -0.3 is 10.2 Å². The fraction of sp³-hybridized carbons (Fsp3) is 0.360. The lowest BCUT2D eigenvalue weighted by atomic mass is 9.72. The lowest BCUT2D eigenvalue weighted by Crippen LogP contribution is -2.66. The number of amides is 2. The molecule has 0 saturated carbocycles. The Labute approximate surface area is 194 Å². The average molecular weight is 471 g/mol. The van der Waals surface area contributed by atoms with Gasteiger partial charge in [-0.05, 0) is 42.0 Å². The van der Waals surface area contributed by atoms with Gasteiger partial charge in [-0.25, -0.2) is 0 Å². The first-order valence-corrected chi connectivity index (χ1v) is 10.8. The van der Waals surface area contributed by atoms with Crippen molar-refractivity contribution >= 4 is 17.6 Å². The van der Waals surface area contributed by atoms with Gasteiger partial charge in [-0.3, -0.25) is 19.4 Å². The zero-order valence-corrected chi connectivity index (χ0v) is 19.0. The second-order valence-corrected chi connectivity index (χ2v) is 9.53. The molecule has 1 atom stereocenters. The minimum atomic E-state index is -5.25. The predicted molar refractivity (Wildman–Crippen MR) is 117 cm³/mol. The minimum Gasteiger partial charge on any atom is -0.326 e. The van der Waals surface area contributed by atoms with Crippen LogP contribution in [-0.4, -0.2) is 39.2 Å². The topological polar surface area (TPSA) is 79.4 Å². The highest BCUT2D eigenvalue weighted by molar-refractivity contribution is 6.14. The fourth-order valence-corrected chi connectivity index (χ4v) is 4.73. The first-order valence-electron chi connectivity index (χ1n) is 10.8. The molecular formula is C25H24F3N3O3. The van der Waals surface area contributed by atoms with Gasteiger partial charge in [-0.15, -0.1) is 0 Å². The van der Waals surface area contributed by atoms with Gasteiger partial charge in [0.2, 0.25) is 5.54 Å². The highest BCUT2D eigenvalue weighted by Gasteiger charge is 2.71. The van der Waals surface area contributed by atoms with Gasteiger partial charge in [0.15, 0.2) is 5.78 Å². The Morgan fingerprint density at radius 2 is 1.82 bits per heavy atom. The van der Waals surface area contributed by atoms with E-state index in [0.29, 0.717) is 11.1 Å². The van der Waals surface area contributed by atoms with Gasteiger partial charge in [0.25, 0.3) is 11.8 Å². The maximum atomic E-state index is 14.8. The normalized spacial score (nSPS) is 22.1. The van der Waals surface area contributed by atoms with E-state index in [-0.39, 0.29) is 30.6 Å². The van der Waals surface area contributed by atoms with Crippen LogP contribution in [0.5, 0.6) is 0 Å². The summed E-state index contributed by atoms with van der Waals surface area (Å²) in [5, 5.41) is 1.96. The molecule has 0 unspecified atom stereocenters. The maximum absolute atomic E-state index is 14.8. The van der Waals surface area contributed by atoms with E-state index in [1.807, 2.05) is 5.32 Å². The molecule has 178 valence electrons. The summed E-state index contributed by atoms with van der Waals surface area (Å²) < 4.78 is 44.5. The van der Waals surface area contributed by atoms with Gasteiger partial charge in [-0.2, -0.15) is 13.2 Å². The van der Waals surface area contributed by atoms with E-state index in [9.17, 15) is 27.6 Å². The Bertz CT molecular complexity index is 1200. The SMILES string of the molecule is Cc1ccccc1C(=O)N[C@@]1(C(F)(F)F)C(=O)N(Cc2cccnc2)C2=C1C(=O)CC(C)(C)C2. The van der Waals surface area contributed by atoms with E-state index in [4.69, 9.17) is 0 Å². The predicted octanol–water partition coefficient (Wildman–Crippen LogP) is 4.11. The van der Waals surface area contributed by atoms with Crippen molar-refractivity contribution in [2.75, 3.05) is 0 Å². The number of Topliss-reactive ketones (excluding diaryl/α,β-unsaturated/α-hetero) is 1. The number of hydrogen-bond donors (Lipinski definition) is 1. The molecule has 2 aromatic rings. The average Bonchev–Trinajstić information content (AvgIpc) is 2.97. The molecule has 6 nitrogen and oxygen atoms in total. The summed E-state index contributed by atoms with van der Waals surface area (Å²) in [5.41, 5.74) is -3.85. The van der Waals surface area contributed by atoms with Gasteiger partial charge in [-0.1, -0.05) is 38.1 Å². The Hall–Kier alpha value is -3.49. The van der Waals surface area contributed by atoms with Crippen LogP contribution in [0.4, 0.5) is 13.2 Å². The monoisotopic (exact) mass is 471 g/mol. The minimum absolute atomic E-state index is 0.00230. The van der Waals surface area contributed by atoms with Crippen molar-refractivity contribution in [3.8, 4) is 0 Å². The molecule has 1 aromatic carbocycles. The Balaban J connectivity index is 1.89. The number of carbonyl (C=O) groups is 3. The number of ketones is 1. The second kappa shape index (κ2) is 8.07. The number of carbonyl (C=O) groups excluding carboxylic acids is 3. The van der Waals surface area contributed by atoms with Crippen molar-refractivity contribution in [3.63, 3.8) is 0 Å². The van der Waals surface area contributed by atoms with Crippen LogP contribution < -0.4 is 5.32 Å². The molecule has 0 saturated heterocycles. The van der Waals surface area contributed by atoms with Gasteiger partial charge in [0, 0.05) is 30.1 Å². The smallest absolute Gasteiger partial charge is 0.326 e. The molecule has 0 spiro atoms. The summed E-state index contributed by atoms with van der Waals surface area (Å²) in [7, 11) is 0. The summed E-state index contributed by atoms with van der Waals surface area (Å²) in [6.45, 7) is 4.91. The number of nitrogens with zero attached hydrogens (tertiary/aromatic N) is 2. The maximum Gasteiger partial charge on any atom is 0.425 e. The molecule has 2 heterocycles. The zero-order valence-electron chi connectivity index (χ0n) is 19.0. The Morgan fingerprint density at radius 3 is 2.44 bits per heavy atom. The second-order valence-electron chi connectivity index (χ2n) is 9.53. The van der Waals surface area contributed by atoms with Crippen LogP contribution >= 0.6 is 0 Å². The summed E-state index contributed by atoms with van der Waals surface area (Å²) in [6, 6.07) is 9.37. The highest BCUT2D eigenvalue weighted by Crippen LogP contribution is 2.52. The van der Waals surface area contributed by atoms with Crippen LogP contribution in [0.25, 0.3) is 0 Å². The van der Waals surface area contributed by atoms with Crippen LogP contribution in [0.1, 0.15) is 48.2 Å². The molecule has 1 aromatic heterocycles.